The summed E-state index contributed by atoms with van der Waals surface area (Å²) in [7, 11) is 0. The first-order valence-corrected chi connectivity index (χ1v) is 8.88. The van der Waals surface area contributed by atoms with Crippen LogP contribution in [-0.4, -0.2) is 12.6 Å². The lowest BCUT2D eigenvalue weighted by Crippen LogP contribution is -2.27. The summed E-state index contributed by atoms with van der Waals surface area (Å²) < 4.78 is 5.12. The van der Waals surface area contributed by atoms with Crippen molar-refractivity contribution < 1.29 is 9.53 Å². The lowest BCUT2D eigenvalue weighted by atomic mass is 9.71. The highest BCUT2D eigenvalue weighted by Gasteiger charge is 2.39. The van der Waals surface area contributed by atoms with E-state index in [-0.39, 0.29) is 11.4 Å². The number of fused-ring (bicyclic) bond motifs is 1. The molecule has 1 aromatic rings. The standard InChI is InChI=1S/C17H22N2O2S/c1-2-21-16(20)14-12-6-8-17(10-18,7-5-11-3-4-11)9-13(12)22-15(14)19/h11H,2-9,19H2,1H3. The molecule has 118 valence electrons. The van der Waals surface area contributed by atoms with Gasteiger partial charge in [-0.3, -0.25) is 0 Å². The van der Waals surface area contributed by atoms with Crippen LogP contribution in [0.4, 0.5) is 5.00 Å². The minimum absolute atomic E-state index is 0.265. The van der Waals surface area contributed by atoms with Crippen LogP contribution >= 0.6 is 11.3 Å². The van der Waals surface area contributed by atoms with Gasteiger partial charge in [-0.05, 0) is 44.1 Å². The molecule has 1 aromatic heterocycles. The van der Waals surface area contributed by atoms with Crippen molar-refractivity contribution in [3.63, 3.8) is 0 Å². The van der Waals surface area contributed by atoms with Gasteiger partial charge < -0.3 is 10.5 Å². The Labute approximate surface area is 135 Å². The maximum absolute atomic E-state index is 12.1. The van der Waals surface area contributed by atoms with Gasteiger partial charge in [0.05, 0.1) is 23.7 Å². The Morgan fingerprint density at radius 1 is 1.55 bits per heavy atom. The summed E-state index contributed by atoms with van der Waals surface area (Å²) in [5.41, 5.74) is 7.36. The molecular weight excluding hydrogens is 296 g/mol. The Morgan fingerprint density at radius 2 is 2.32 bits per heavy atom. The molecule has 2 N–H and O–H groups in total. The average Bonchev–Trinajstić information content (AvgIpc) is 3.27. The molecule has 5 heteroatoms. The van der Waals surface area contributed by atoms with E-state index in [0.717, 1.165) is 48.5 Å². The van der Waals surface area contributed by atoms with Crippen LogP contribution < -0.4 is 5.73 Å². The van der Waals surface area contributed by atoms with Gasteiger partial charge in [-0.2, -0.15) is 5.26 Å². The number of esters is 1. The van der Waals surface area contributed by atoms with Crippen LogP contribution in [0.1, 0.15) is 59.8 Å². The van der Waals surface area contributed by atoms with Crippen LogP contribution in [0.5, 0.6) is 0 Å². The van der Waals surface area contributed by atoms with E-state index in [9.17, 15) is 10.1 Å². The number of carbonyl (C=O) groups is 1. The molecular formula is C17H22N2O2S. The number of nitrogens with two attached hydrogens (primary N) is 1. The fourth-order valence-corrected chi connectivity index (χ4v) is 4.63. The van der Waals surface area contributed by atoms with Gasteiger partial charge in [-0.15, -0.1) is 11.3 Å². The van der Waals surface area contributed by atoms with Gasteiger partial charge in [0.2, 0.25) is 0 Å². The number of hydrogen-bond acceptors (Lipinski definition) is 5. The average molecular weight is 318 g/mol. The van der Waals surface area contributed by atoms with Crippen LogP contribution in [0, 0.1) is 22.7 Å². The van der Waals surface area contributed by atoms with Crippen molar-refractivity contribution in [2.75, 3.05) is 12.3 Å². The number of carbonyl (C=O) groups excluding carboxylic acids is 1. The predicted octanol–water partition coefficient (Wildman–Crippen LogP) is 3.70. The third-order valence-electron chi connectivity index (χ3n) is 4.92. The smallest absolute Gasteiger partial charge is 0.341 e. The first-order chi connectivity index (χ1) is 10.6. The quantitative estimate of drug-likeness (QED) is 0.840. The zero-order chi connectivity index (χ0) is 15.7. The number of hydrogen-bond donors (Lipinski definition) is 1. The van der Waals surface area contributed by atoms with E-state index >= 15 is 0 Å². The van der Waals surface area contributed by atoms with Crippen LogP contribution in [-0.2, 0) is 17.6 Å². The van der Waals surface area contributed by atoms with Crippen molar-refractivity contribution in [2.45, 2.75) is 51.9 Å². The number of ether oxygens (including phenoxy) is 1. The van der Waals surface area contributed by atoms with E-state index in [4.69, 9.17) is 10.5 Å². The molecule has 0 radical (unpaired) electrons. The molecule has 2 aliphatic rings. The Morgan fingerprint density at radius 3 is 2.95 bits per heavy atom. The van der Waals surface area contributed by atoms with E-state index in [0.29, 0.717) is 17.2 Å². The van der Waals surface area contributed by atoms with Crippen molar-refractivity contribution in [3.8, 4) is 6.07 Å². The Balaban J connectivity index is 1.82. The third-order valence-corrected chi connectivity index (χ3v) is 5.98. The summed E-state index contributed by atoms with van der Waals surface area (Å²) in [6.45, 7) is 2.15. The van der Waals surface area contributed by atoms with Crippen molar-refractivity contribution in [3.05, 3.63) is 16.0 Å². The van der Waals surface area contributed by atoms with Gasteiger partial charge in [-0.25, -0.2) is 4.79 Å². The van der Waals surface area contributed by atoms with Gasteiger partial charge in [-0.1, -0.05) is 12.8 Å². The summed E-state index contributed by atoms with van der Waals surface area (Å²) >= 11 is 1.46. The second-order valence-corrected chi connectivity index (χ2v) is 7.65. The van der Waals surface area contributed by atoms with Crippen LogP contribution in [0.25, 0.3) is 0 Å². The molecule has 0 bridgehead atoms. The number of nitrogen functional groups attached to an aromatic ring is 1. The molecule has 1 saturated carbocycles. The Hall–Kier alpha value is -1.54. The maximum atomic E-state index is 12.1. The van der Waals surface area contributed by atoms with Gasteiger partial charge in [0.15, 0.2) is 0 Å². The maximum Gasteiger partial charge on any atom is 0.341 e. The SMILES string of the molecule is CCOC(=O)c1c(N)sc2c1CCC(C#N)(CCC1CC1)C2. The van der Waals surface area contributed by atoms with Crippen molar-refractivity contribution in [1.29, 1.82) is 5.26 Å². The molecule has 2 aliphatic carbocycles. The van der Waals surface area contributed by atoms with Gasteiger partial charge >= 0.3 is 5.97 Å². The first kappa shape index (κ1) is 15.4. The first-order valence-electron chi connectivity index (χ1n) is 8.07. The second-order valence-electron chi connectivity index (χ2n) is 6.51. The summed E-state index contributed by atoms with van der Waals surface area (Å²) in [5.74, 6) is 0.523. The lowest BCUT2D eigenvalue weighted by molar-refractivity contribution is 0.0526. The van der Waals surface area contributed by atoms with Crippen molar-refractivity contribution >= 4 is 22.3 Å². The molecule has 0 spiro atoms. The topological polar surface area (TPSA) is 76.1 Å². The van der Waals surface area contributed by atoms with Crippen molar-refractivity contribution in [1.82, 2.24) is 0 Å². The van der Waals surface area contributed by atoms with E-state index in [1.165, 1.54) is 24.2 Å². The molecule has 1 unspecified atom stereocenters. The fourth-order valence-electron chi connectivity index (χ4n) is 3.38. The zero-order valence-electron chi connectivity index (χ0n) is 13.0. The minimum Gasteiger partial charge on any atom is -0.462 e. The molecule has 1 atom stereocenters. The van der Waals surface area contributed by atoms with E-state index in [1.54, 1.807) is 6.92 Å². The third kappa shape index (κ3) is 2.85. The Bertz CT molecular complexity index is 627. The predicted molar refractivity (Wildman–Crippen MR) is 86.7 cm³/mol. The van der Waals surface area contributed by atoms with Gasteiger partial charge in [0.25, 0.3) is 0 Å². The molecule has 0 aromatic carbocycles. The minimum atomic E-state index is -0.320. The zero-order valence-corrected chi connectivity index (χ0v) is 13.8. The largest absolute Gasteiger partial charge is 0.462 e. The van der Waals surface area contributed by atoms with Gasteiger partial charge in [0.1, 0.15) is 5.00 Å². The highest BCUT2D eigenvalue weighted by molar-refractivity contribution is 7.16. The monoisotopic (exact) mass is 318 g/mol. The summed E-state index contributed by atoms with van der Waals surface area (Å²) in [5, 5.41) is 10.2. The van der Waals surface area contributed by atoms with E-state index < -0.39 is 0 Å². The van der Waals surface area contributed by atoms with E-state index in [2.05, 4.69) is 6.07 Å². The van der Waals surface area contributed by atoms with Crippen molar-refractivity contribution in [2.24, 2.45) is 11.3 Å². The summed E-state index contributed by atoms with van der Waals surface area (Å²) in [4.78, 5) is 13.2. The molecule has 1 fully saturated rings. The highest BCUT2D eigenvalue weighted by Crippen LogP contribution is 2.47. The van der Waals surface area contributed by atoms with Gasteiger partial charge in [0, 0.05) is 11.3 Å². The number of thiophene rings is 1. The number of nitrogens with zero attached hydrogens (tertiary/aromatic N) is 1. The highest BCUT2D eigenvalue weighted by atomic mass is 32.1. The van der Waals surface area contributed by atoms with E-state index in [1.807, 2.05) is 0 Å². The molecule has 22 heavy (non-hydrogen) atoms. The molecule has 4 nitrogen and oxygen atoms in total. The molecule has 0 amide bonds. The molecule has 0 saturated heterocycles. The molecule has 3 rings (SSSR count). The molecule has 1 heterocycles. The fraction of sp³-hybridized carbons (Fsp3) is 0.647. The number of rotatable bonds is 5. The Kier molecular flexibility index (Phi) is 4.14. The van der Waals surface area contributed by atoms with Crippen LogP contribution in [0.3, 0.4) is 0 Å². The summed E-state index contributed by atoms with van der Waals surface area (Å²) in [6.07, 6.45) is 7.10. The number of anilines is 1. The van der Waals surface area contributed by atoms with Crippen LogP contribution in [0.15, 0.2) is 0 Å². The second kappa shape index (κ2) is 5.92. The molecule has 0 aliphatic heterocycles. The summed E-state index contributed by atoms with van der Waals surface area (Å²) in [6, 6.07) is 2.57. The normalized spacial score (nSPS) is 23.6. The van der Waals surface area contributed by atoms with Crippen LogP contribution in [0.2, 0.25) is 0 Å². The number of nitriles is 1. The lowest BCUT2D eigenvalue weighted by Gasteiger charge is -2.31.